The van der Waals surface area contributed by atoms with E-state index in [1.165, 1.54) is 12.1 Å². The quantitative estimate of drug-likeness (QED) is 0.367. The minimum absolute atomic E-state index is 0.00491. The Balaban J connectivity index is 1.35. The molecule has 1 saturated heterocycles. The molecule has 1 heterocycles. The van der Waals surface area contributed by atoms with E-state index in [9.17, 15) is 19.5 Å². The van der Waals surface area contributed by atoms with Crippen molar-refractivity contribution < 1.29 is 19.5 Å². The molecule has 0 bridgehead atoms. The third kappa shape index (κ3) is 6.63. The number of halogens is 3. The summed E-state index contributed by atoms with van der Waals surface area (Å²) >= 11 is 18.1. The fourth-order valence-corrected chi connectivity index (χ4v) is 5.19. The largest absolute Gasteiger partial charge is 0.480 e. The summed E-state index contributed by atoms with van der Waals surface area (Å²) in [6.07, 6.45) is 1.79. The third-order valence-electron chi connectivity index (χ3n) is 6.56. The zero-order chi connectivity index (χ0) is 26.5. The molecule has 192 valence electrons. The highest BCUT2D eigenvalue weighted by atomic mass is 35.5. The molecule has 3 aromatic rings. The van der Waals surface area contributed by atoms with Gasteiger partial charge in [0, 0.05) is 30.1 Å². The van der Waals surface area contributed by atoms with Gasteiger partial charge in [-0.2, -0.15) is 0 Å². The monoisotopic (exact) mass is 558 g/mol. The molecular formula is C28H25Cl3N2O4. The Kier molecular flexibility index (Phi) is 8.75. The molecule has 0 aromatic heterocycles. The summed E-state index contributed by atoms with van der Waals surface area (Å²) in [7, 11) is 0. The van der Waals surface area contributed by atoms with Crippen LogP contribution in [0.2, 0.25) is 15.1 Å². The van der Waals surface area contributed by atoms with Crippen LogP contribution < -0.4 is 5.32 Å². The van der Waals surface area contributed by atoms with Crippen LogP contribution in [0.1, 0.15) is 50.6 Å². The van der Waals surface area contributed by atoms with Crippen molar-refractivity contribution in [1.82, 2.24) is 10.2 Å². The number of hydrogen-bond donors (Lipinski definition) is 2. The Hall–Kier alpha value is -3.06. The summed E-state index contributed by atoms with van der Waals surface area (Å²) in [5.74, 6) is -1.48. The number of nitrogens with zero attached hydrogens (tertiary/aromatic N) is 1. The van der Waals surface area contributed by atoms with Gasteiger partial charge < -0.3 is 15.3 Å². The number of rotatable bonds is 7. The first-order valence-electron chi connectivity index (χ1n) is 11.8. The van der Waals surface area contributed by atoms with Crippen LogP contribution in [0.25, 0.3) is 0 Å². The van der Waals surface area contributed by atoms with Crippen molar-refractivity contribution in [1.29, 1.82) is 0 Å². The molecule has 1 atom stereocenters. The van der Waals surface area contributed by atoms with E-state index in [2.05, 4.69) is 5.32 Å². The number of piperidine rings is 1. The molecule has 6 nitrogen and oxygen atoms in total. The lowest BCUT2D eigenvalue weighted by atomic mass is 9.88. The molecular weight excluding hydrogens is 535 g/mol. The minimum Gasteiger partial charge on any atom is -0.480 e. The van der Waals surface area contributed by atoms with Crippen molar-refractivity contribution in [2.75, 3.05) is 13.1 Å². The Morgan fingerprint density at radius 3 is 2.05 bits per heavy atom. The Morgan fingerprint density at radius 2 is 1.49 bits per heavy atom. The van der Waals surface area contributed by atoms with Crippen molar-refractivity contribution in [3.63, 3.8) is 0 Å². The van der Waals surface area contributed by atoms with E-state index in [1.807, 2.05) is 29.2 Å². The van der Waals surface area contributed by atoms with Gasteiger partial charge in [-0.05, 0) is 66.3 Å². The van der Waals surface area contributed by atoms with Crippen LogP contribution in [-0.2, 0) is 11.2 Å². The van der Waals surface area contributed by atoms with Gasteiger partial charge in [0.15, 0.2) is 0 Å². The number of likely N-dealkylation sites (tertiary alicyclic amines) is 1. The highest BCUT2D eigenvalue weighted by molar-refractivity contribution is 6.39. The maximum atomic E-state index is 12.8. The first kappa shape index (κ1) is 27.0. The third-order valence-corrected chi connectivity index (χ3v) is 7.44. The lowest BCUT2D eigenvalue weighted by Crippen LogP contribution is -2.42. The van der Waals surface area contributed by atoms with Crippen molar-refractivity contribution in [2.24, 2.45) is 0 Å². The van der Waals surface area contributed by atoms with Crippen molar-refractivity contribution in [3.8, 4) is 0 Å². The van der Waals surface area contributed by atoms with Crippen LogP contribution in [0.15, 0.2) is 66.7 Å². The van der Waals surface area contributed by atoms with Crippen molar-refractivity contribution in [3.05, 3.63) is 104 Å². The predicted octanol–water partition coefficient (Wildman–Crippen LogP) is 6.09. The zero-order valence-corrected chi connectivity index (χ0v) is 22.1. The first-order valence-corrected chi connectivity index (χ1v) is 13.0. The standard InChI is InChI=1S/C28H25Cl3N2O4/c29-21-10-8-20(9-11-21)27(35)33-14-12-19(13-15-33)18-6-4-17(5-7-18)16-24(28(36)37)32-26(34)25-22(30)2-1-3-23(25)31/h1-11,19,24H,12-16H2,(H,32,34)(H,36,37)/t24-/m0/s1. The van der Waals surface area contributed by atoms with Crippen LogP contribution in [0.4, 0.5) is 0 Å². The fraction of sp³-hybridized carbons (Fsp3) is 0.250. The van der Waals surface area contributed by atoms with Crippen LogP contribution >= 0.6 is 34.8 Å². The van der Waals surface area contributed by atoms with E-state index >= 15 is 0 Å². The average Bonchev–Trinajstić information content (AvgIpc) is 2.89. The maximum absolute atomic E-state index is 12.8. The molecule has 0 radical (unpaired) electrons. The lowest BCUT2D eigenvalue weighted by Gasteiger charge is -2.32. The molecule has 0 spiro atoms. The molecule has 1 fully saturated rings. The zero-order valence-electron chi connectivity index (χ0n) is 19.8. The normalized spacial score (nSPS) is 14.7. The molecule has 0 unspecified atom stereocenters. The number of carboxylic acid groups (broad SMARTS) is 1. The number of carboxylic acids is 1. The molecule has 2 N–H and O–H groups in total. The van der Waals surface area contributed by atoms with E-state index in [-0.39, 0.29) is 27.9 Å². The van der Waals surface area contributed by atoms with E-state index in [1.54, 1.807) is 30.3 Å². The van der Waals surface area contributed by atoms with E-state index in [4.69, 9.17) is 34.8 Å². The maximum Gasteiger partial charge on any atom is 0.326 e. The van der Waals surface area contributed by atoms with E-state index in [0.29, 0.717) is 29.6 Å². The number of nitrogens with one attached hydrogen (secondary N) is 1. The van der Waals surface area contributed by atoms with Gasteiger partial charge in [0.05, 0.1) is 15.6 Å². The average molecular weight is 560 g/mol. The smallest absolute Gasteiger partial charge is 0.326 e. The molecule has 0 aliphatic carbocycles. The Labute approximate surface area is 230 Å². The van der Waals surface area contributed by atoms with E-state index in [0.717, 1.165) is 24.0 Å². The van der Waals surface area contributed by atoms with Gasteiger partial charge in [-0.3, -0.25) is 9.59 Å². The SMILES string of the molecule is O=C(N[C@@H](Cc1ccc(C2CCN(C(=O)c3ccc(Cl)cc3)CC2)cc1)C(=O)O)c1c(Cl)cccc1Cl. The van der Waals surface area contributed by atoms with Gasteiger partial charge >= 0.3 is 5.97 Å². The summed E-state index contributed by atoms with van der Waals surface area (Å²) < 4.78 is 0. The second kappa shape index (κ2) is 12.0. The van der Waals surface area contributed by atoms with Crippen molar-refractivity contribution in [2.45, 2.75) is 31.2 Å². The van der Waals surface area contributed by atoms with Crippen LogP contribution in [0.5, 0.6) is 0 Å². The number of aliphatic carboxylic acids is 1. The molecule has 2 amide bonds. The van der Waals surface area contributed by atoms with Gasteiger partial charge in [-0.1, -0.05) is 65.1 Å². The summed E-state index contributed by atoms with van der Waals surface area (Å²) in [6.45, 7) is 1.32. The summed E-state index contributed by atoms with van der Waals surface area (Å²) in [6, 6.07) is 18.2. The molecule has 9 heteroatoms. The molecule has 3 aromatic carbocycles. The fourth-order valence-electron chi connectivity index (χ4n) is 4.50. The van der Waals surface area contributed by atoms with Gasteiger partial charge in [-0.15, -0.1) is 0 Å². The number of carbonyl (C=O) groups is 3. The topological polar surface area (TPSA) is 86.7 Å². The van der Waals surface area contributed by atoms with E-state index < -0.39 is 17.9 Å². The molecule has 1 aliphatic rings. The van der Waals surface area contributed by atoms with Gasteiger partial charge in [0.1, 0.15) is 6.04 Å². The summed E-state index contributed by atoms with van der Waals surface area (Å²) in [4.78, 5) is 39.1. The van der Waals surface area contributed by atoms with Crippen LogP contribution in [0, 0.1) is 0 Å². The predicted molar refractivity (Wildman–Crippen MR) is 145 cm³/mol. The first-order chi connectivity index (χ1) is 17.7. The minimum atomic E-state index is -1.15. The number of carbonyl (C=O) groups excluding carboxylic acids is 2. The summed E-state index contributed by atoms with van der Waals surface area (Å²) in [5.41, 5.74) is 2.59. The number of amides is 2. The lowest BCUT2D eigenvalue weighted by molar-refractivity contribution is -0.139. The van der Waals surface area contributed by atoms with Gasteiger partial charge in [0.25, 0.3) is 11.8 Å². The van der Waals surface area contributed by atoms with Crippen LogP contribution in [-0.4, -0.2) is 46.9 Å². The number of hydrogen-bond acceptors (Lipinski definition) is 3. The number of benzene rings is 3. The second-order valence-corrected chi connectivity index (χ2v) is 10.2. The van der Waals surface area contributed by atoms with Crippen LogP contribution in [0.3, 0.4) is 0 Å². The summed E-state index contributed by atoms with van der Waals surface area (Å²) in [5, 5.41) is 13.1. The van der Waals surface area contributed by atoms with Gasteiger partial charge in [0.2, 0.25) is 0 Å². The van der Waals surface area contributed by atoms with Gasteiger partial charge in [-0.25, -0.2) is 4.79 Å². The molecule has 1 aliphatic heterocycles. The Bertz CT molecular complexity index is 1270. The molecule has 37 heavy (non-hydrogen) atoms. The highest BCUT2D eigenvalue weighted by Crippen LogP contribution is 2.29. The Morgan fingerprint density at radius 1 is 0.892 bits per heavy atom. The molecule has 0 saturated carbocycles. The highest BCUT2D eigenvalue weighted by Gasteiger charge is 2.26. The molecule has 4 rings (SSSR count). The van der Waals surface area contributed by atoms with Crippen molar-refractivity contribution >= 4 is 52.6 Å². The second-order valence-electron chi connectivity index (χ2n) is 8.98.